The fourth-order valence-electron chi connectivity index (χ4n) is 2.75. The SMILES string of the molecule is COc1cc(C(N)c2c(C)c(C)cc(C)c2C)ccc1F. The zero-order valence-corrected chi connectivity index (χ0v) is 13.3. The first-order chi connectivity index (χ1) is 9.86. The third-order valence-electron chi connectivity index (χ3n) is 4.27. The number of benzene rings is 2. The number of methoxy groups -OCH3 is 1. The van der Waals surface area contributed by atoms with Crippen molar-refractivity contribution in [1.82, 2.24) is 0 Å². The molecular formula is C18H22FNO. The third-order valence-corrected chi connectivity index (χ3v) is 4.27. The van der Waals surface area contributed by atoms with E-state index in [0.717, 1.165) is 11.1 Å². The van der Waals surface area contributed by atoms with Gasteiger partial charge in [-0.3, -0.25) is 0 Å². The van der Waals surface area contributed by atoms with Crippen molar-refractivity contribution in [1.29, 1.82) is 0 Å². The molecule has 0 radical (unpaired) electrons. The van der Waals surface area contributed by atoms with E-state index in [0.29, 0.717) is 0 Å². The second-order valence-electron chi connectivity index (χ2n) is 5.55. The number of aryl methyl sites for hydroxylation is 2. The van der Waals surface area contributed by atoms with E-state index in [1.807, 2.05) is 0 Å². The van der Waals surface area contributed by atoms with Crippen LogP contribution in [0.25, 0.3) is 0 Å². The lowest BCUT2D eigenvalue weighted by Crippen LogP contribution is -2.16. The number of hydrogen-bond acceptors (Lipinski definition) is 2. The third kappa shape index (κ3) is 2.79. The summed E-state index contributed by atoms with van der Waals surface area (Å²) in [5, 5.41) is 0. The lowest BCUT2D eigenvalue weighted by molar-refractivity contribution is 0.385. The van der Waals surface area contributed by atoms with Gasteiger partial charge in [-0.25, -0.2) is 4.39 Å². The average molecular weight is 287 g/mol. The topological polar surface area (TPSA) is 35.2 Å². The minimum atomic E-state index is -0.373. The largest absolute Gasteiger partial charge is 0.494 e. The Morgan fingerprint density at radius 1 is 1.00 bits per heavy atom. The number of hydrogen-bond donors (Lipinski definition) is 1. The van der Waals surface area contributed by atoms with Gasteiger partial charge >= 0.3 is 0 Å². The molecular weight excluding hydrogens is 265 g/mol. The lowest BCUT2D eigenvalue weighted by atomic mass is 9.87. The molecule has 0 saturated heterocycles. The summed E-state index contributed by atoms with van der Waals surface area (Å²) in [7, 11) is 1.46. The summed E-state index contributed by atoms with van der Waals surface area (Å²) in [5.74, 6) is -0.148. The molecule has 1 atom stereocenters. The predicted molar refractivity (Wildman–Crippen MR) is 84.4 cm³/mol. The Hall–Kier alpha value is -1.87. The molecule has 0 saturated carbocycles. The van der Waals surface area contributed by atoms with Gasteiger partial charge in [-0.05, 0) is 73.2 Å². The molecule has 0 aliphatic rings. The molecule has 0 heterocycles. The van der Waals surface area contributed by atoms with Crippen LogP contribution in [0.1, 0.15) is 39.4 Å². The Kier molecular flexibility index (Phi) is 4.33. The summed E-state index contributed by atoms with van der Waals surface area (Å²) in [6, 6.07) is 6.68. The van der Waals surface area contributed by atoms with Crippen molar-refractivity contribution >= 4 is 0 Å². The molecule has 0 aromatic heterocycles. The number of halogens is 1. The lowest BCUT2D eigenvalue weighted by Gasteiger charge is -2.22. The number of nitrogens with two attached hydrogens (primary N) is 1. The average Bonchev–Trinajstić information content (AvgIpc) is 2.45. The van der Waals surface area contributed by atoms with Crippen LogP contribution in [-0.4, -0.2) is 7.11 Å². The predicted octanol–water partition coefficient (Wildman–Crippen LogP) is 4.12. The van der Waals surface area contributed by atoms with Crippen molar-refractivity contribution in [3.05, 3.63) is 63.5 Å². The zero-order chi connectivity index (χ0) is 15.7. The van der Waals surface area contributed by atoms with Gasteiger partial charge in [-0.15, -0.1) is 0 Å². The molecule has 0 spiro atoms. The van der Waals surface area contributed by atoms with Crippen molar-refractivity contribution in [2.45, 2.75) is 33.7 Å². The zero-order valence-electron chi connectivity index (χ0n) is 13.3. The molecule has 2 nitrogen and oxygen atoms in total. The Balaban J connectivity index is 2.57. The minimum absolute atomic E-state index is 0.225. The molecule has 2 N–H and O–H groups in total. The Morgan fingerprint density at radius 2 is 1.57 bits per heavy atom. The molecule has 0 aliphatic heterocycles. The van der Waals surface area contributed by atoms with Crippen molar-refractivity contribution < 1.29 is 9.13 Å². The highest BCUT2D eigenvalue weighted by molar-refractivity contribution is 5.49. The van der Waals surface area contributed by atoms with E-state index in [-0.39, 0.29) is 17.6 Å². The molecule has 21 heavy (non-hydrogen) atoms. The highest BCUT2D eigenvalue weighted by Gasteiger charge is 2.18. The van der Waals surface area contributed by atoms with Gasteiger partial charge < -0.3 is 10.5 Å². The van der Waals surface area contributed by atoms with E-state index >= 15 is 0 Å². The molecule has 2 rings (SSSR count). The van der Waals surface area contributed by atoms with E-state index in [1.165, 1.54) is 35.4 Å². The molecule has 0 fully saturated rings. The van der Waals surface area contributed by atoms with Gasteiger partial charge in [-0.1, -0.05) is 12.1 Å². The fraction of sp³-hybridized carbons (Fsp3) is 0.333. The van der Waals surface area contributed by atoms with Crippen LogP contribution < -0.4 is 10.5 Å². The van der Waals surface area contributed by atoms with E-state index in [9.17, 15) is 4.39 Å². The van der Waals surface area contributed by atoms with Crippen LogP contribution in [0.2, 0.25) is 0 Å². The van der Waals surface area contributed by atoms with Crippen molar-refractivity contribution in [2.24, 2.45) is 5.73 Å². The second-order valence-corrected chi connectivity index (χ2v) is 5.55. The molecule has 112 valence electrons. The fourth-order valence-corrected chi connectivity index (χ4v) is 2.75. The summed E-state index contributed by atoms with van der Waals surface area (Å²) in [5.41, 5.74) is 13.2. The maximum absolute atomic E-state index is 13.6. The summed E-state index contributed by atoms with van der Waals surface area (Å²) in [6.45, 7) is 8.34. The van der Waals surface area contributed by atoms with Gasteiger partial charge in [0.15, 0.2) is 11.6 Å². The van der Waals surface area contributed by atoms with Gasteiger partial charge in [0.05, 0.1) is 13.2 Å². The van der Waals surface area contributed by atoms with E-state index in [4.69, 9.17) is 10.5 Å². The Bertz CT molecular complexity index is 653. The van der Waals surface area contributed by atoms with Crippen molar-refractivity contribution in [3.63, 3.8) is 0 Å². The van der Waals surface area contributed by atoms with Crippen LogP contribution in [0.3, 0.4) is 0 Å². The molecule has 1 unspecified atom stereocenters. The summed E-state index contributed by atoms with van der Waals surface area (Å²) < 4.78 is 18.6. The maximum atomic E-state index is 13.6. The number of rotatable bonds is 3. The summed E-state index contributed by atoms with van der Waals surface area (Å²) in [4.78, 5) is 0. The molecule has 2 aromatic carbocycles. The van der Waals surface area contributed by atoms with Gasteiger partial charge in [0.25, 0.3) is 0 Å². The molecule has 0 aliphatic carbocycles. The van der Waals surface area contributed by atoms with Gasteiger partial charge in [0, 0.05) is 0 Å². The molecule has 3 heteroatoms. The van der Waals surface area contributed by atoms with Gasteiger partial charge in [0.2, 0.25) is 0 Å². The van der Waals surface area contributed by atoms with Gasteiger partial charge in [0.1, 0.15) is 0 Å². The van der Waals surface area contributed by atoms with Crippen LogP contribution in [0.5, 0.6) is 5.75 Å². The molecule has 2 aromatic rings. The van der Waals surface area contributed by atoms with Crippen LogP contribution in [-0.2, 0) is 0 Å². The van der Waals surface area contributed by atoms with Crippen LogP contribution in [0.4, 0.5) is 4.39 Å². The maximum Gasteiger partial charge on any atom is 0.165 e. The minimum Gasteiger partial charge on any atom is -0.494 e. The Labute approximate surface area is 125 Å². The van der Waals surface area contributed by atoms with Crippen LogP contribution >= 0.6 is 0 Å². The van der Waals surface area contributed by atoms with E-state index in [1.54, 1.807) is 12.1 Å². The van der Waals surface area contributed by atoms with Crippen LogP contribution in [0, 0.1) is 33.5 Å². The first-order valence-electron chi connectivity index (χ1n) is 7.03. The Morgan fingerprint density at radius 3 is 2.10 bits per heavy atom. The smallest absolute Gasteiger partial charge is 0.165 e. The highest BCUT2D eigenvalue weighted by atomic mass is 19.1. The first-order valence-corrected chi connectivity index (χ1v) is 7.03. The standard InChI is InChI=1S/C18H22FNO/c1-10-8-11(2)13(4)17(12(10)3)18(20)14-6-7-15(19)16(9-14)21-5/h6-9,18H,20H2,1-5H3. The van der Waals surface area contributed by atoms with Gasteiger partial charge in [-0.2, -0.15) is 0 Å². The highest BCUT2D eigenvalue weighted by Crippen LogP contribution is 2.31. The van der Waals surface area contributed by atoms with Crippen LogP contribution in [0.15, 0.2) is 24.3 Å². The first kappa shape index (κ1) is 15.5. The number of ether oxygens (including phenoxy) is 1. The van der Waals surface area contributed by atoms with Crippen molar-refractivity contribution in [3.8, 4) is 5.75 Å². The monoisotopic (exact) mass is 287 g/mol. The summed E-state index contributed by atoms with van der Waals surface area (Å²) >= 11 is 0. The summed E-state index contributed by atoms with van der Waals surface area (Å²) in [6.07, 6.45) is 0. The quantitative estimate of drug-likeness (QED) is 0.921. The second kappa shape index (κ2) is 5.86. The molecule has 0 amide bonds. The van der Waals surface area contributed by atoms with E-state index < -0.39 is 0 Å². The normalized spacial score (nSPS) is 12.3. The van der Waals surface area contributed by atoms with Crippen molar-refractivity contribution in [2.75, 3.05) is 7.11 Å². The molecule has 0 bridgehead atoms. The van der Waals surface area contributed by atoms with E-state index in [2.05, 4.69) is 33.8 Å².